The third-order valence-corrected chi connectivity index (χ3v) is 2.65. The molecule has 0 unspecified atom stereocenters. The average Bonchev–Trinajstić information content (AvgIpc) is 2.40. The molecule has 0 aliphatic carbocycles. The maximum absolute atomic E-state index is 11.8. The van der Waals surface area contributed by atoms with E-state index in [0.29, 0.717) is 6.42 Å². The first-order chi connectivity index (χ1) is 9.77. The molecule has 3 amide bonds. The summed E-state index contributed by atoms with van der Waals surface area (Å²) < 4.78 is 0. The lowest BCUT2D eigenvalue weighted by atomic mass is 10.1. The minimum atomic E-state index is -1.30. The summed E-state index contributed by atoms with van der Waals surface area (Å²) >= 11 is 0. The van der Waals surface area contributed by atoms with E-state index in [1.54, 1.807) is 0 Å². The Labute approximate surface area is 122 Å². The van der Waals surface area contributed by atoms with Gasteiger partial charge in [0.25, 0.3) is 0 Å². The molecule has 0 radical (unpaired) electrons. The van der Waals surface area contributed by atoms with Gasteiger partial charge in [-0.05, 0) is 6.42 Å². The Morgan fingerprint density at radius 2 is 1.81 bits per heavy atom. The second-order valence-corrected chi connectivity index (χ2v) is 4.59. The Kier molecular flexibility index (Phi) is 8.70. The van der Waals surface area contributed by atoms with Crippen molar-refractivity contribution in [3.8, 4) is 0 Å². The number of carbonyl (C=O) groups is 4. The fourth-order valence-electron chi connectivity index (χ4n) is 1.52. The minimum absolute atomic E-state index is 0.436. The Morgan fingerprint density at radius 1 is 1.19 bits per heavy atom. The predicted molar refractivity (Wildman–Crippen MR) is 73.9 cm³/mol. The molecule has 7 N–H and O–H groups in total. The normalized spacial score (nSPS) is 13.0. The highest BCUT2D eigenvalue weighted by Gasteiger charge is 2.25. The molecule has 0 rings (SSSR count). The van der Waals surface area contributed by atoms with E-state index in [1.807, 2.05) is 6.92 Å². The third kappa shape index (κ3) is 8.58. The van der Waals surface area contributed by atoms with E-state index in [9.17, 15) is 19.2 Å². The monoisotopic (exact) mass is 302 g/mol. The van der Waals surface area contributed by atoms with Crippen molar-refractivity contribution in [1.82, 2.24) is 10.6 Å². The van der Waals surface area contributed by atoms with E-state index in [-0.39, 0.29) is 0 Å². The van der Waals surface area contributed by atoms with Gasteiger partial charge in [0.2, 0.25) is 17.7 Å². The van der Waals surface area contributed by atoms with Crippen LogP contribution in [0.25, 0.3) is 0 Å². The molecule has 9 nitrogen and oxygen atoms in total. The zero-order valence-electron chi connectivity index (χ0n) is 11.9. The lowest BCUT2D eigenvalue weighted by molar-refractivity contribution is -0.140. The van der Waals surface area contributed by atoms with Crippen molar-refractivity contribution in [2.45, 2.75) is 44.7 Å². The molecule has 0 spiro atoms. The molecule has 0 saturated carbocycles. The smallest absolute Gasteiger partial charge is 0.305 e. The van der Waals surface area contributed by atoms with E-state index in [1.165, 1.54) is 0 Å². The Morgan fingerprint density at radius 3 is 2.29 bits per heavy atom. The van der Waals surface area contributed by atoms with Gasteiger partial charge in [-0.25, -0.2) is 0 Å². The zero-order chi connectivity index (χ0) is 16.4. The van der Waals surface area contributed by atoms with Crippen LogP contribution in [0.15, 0.2) is 0 Å². The lowest BCUT2D eigenvalue weighted by Crippen LogP contribution is -2.53. The van der Waals surface area contributed by atoms with Crippen LogP contribution in [0.3, 0.4) is 0 Å². The molecule has 0 aromatic carbocycles. The highest BCUT2D eigenvalue weighted by atomic mass is 16.4. The summed E-state index contributed by atoms with van der Waals surface area (Å²) in [5, 5.41) is 13.2. The van der Waals surface area contributed by atoms with Gasteiger partial charge < -0.3 is 27.2 Å². The van der Waals surface area contributed by atoms with Crippen molar-refractivity contribution in [3.05, 3.63) is 0 Å². The number of nitrogens with one attached hydrogen (secondary N) is 2. The number of carboxylic acids is 1. The van der Waals surface area contributed by atoms with Gasteiger partial charge in [0.1, 0.15) is 6.04 Å². The van der Waals surface area contributed by atoms with Crippen molar-refractivity contribution in [3.63, 3.8) is 0 Å². The molecule has 0 heterocycles. The molecule has 0 aromatic rings. The third-order valence-electron chi connectivity index (χ3n) is 2.65. The number of carbonyl (C=O) groups excluding carboxylic acids is 3. The van der Waals surface area contributed by atoms with Crippen molar-refractivity contribution in [1.29, 1.82) is 0 Å². The van der Waals surface area contributed by atoms with E-state index in [2.05, 4.69) is 10.6 Å². The van der Waals surface area contributed by atoms with Gasteiger partial charge in [-0.1, -0.05) is 19.8 Å². The zero-order valence-corrected chi connectivity index (χ0v) is 11.9. The summed E-state index contributed by atoms with van der Waals surface area (Å²) in [5.74, 6) is -3.45. The summed E-state index contributed by atoms with van der Waals surface area (Å²) in [6, 6.07) is -2.12. The molecular weight excluding hydrogens is 280 g/mol. The van der Waals surface area contributed by atoms with Crippen LogP contribution in [0.5, 0.6) is 0 Å². The minimum Gasteiger partial charge on any atom is -0.481 e. The quantitative estimate of drug-likeness (QED) is 0.315. The highest BCUT2D eigenvalue weighted by Crippen LogP contribution is 2.00. The molecule has 0 aliphatic heterocycles. The Balaban J connectivity index is 4.60. The molecule has 9 heteroatoms. The summed E-state index contributed by atoms with van der Waals surface area (Å²) in [7, 11) is 0. The Hall–Kier alpha value is -2.16. The highest BCUT2D eigenvalue weighted by molar-refractivity contribution is 5.93. The van der Waals surface area contributed by atoms with Gasteiger partial charge in [0, 0.05) is 0 Å². The second kappa shape index (κ2) is 9.70. The largest absolute Gasteiger partial charge is 0.481 e. The maximum atomic E-state index is 11.8. The van der Waals surface area contributed by atoms with Crippen molar-refractivity contribution >= 4 is 23.7 Å². The first-order valence-corrected chi connectivity index (χ1v) is 6.61. The van der Waals surface area contributed by atoms with Gasteiger partial charge in [-0.15, -0.1) is 0 Å². The summed E-state index contributed by atoms with van der Waals surface area (Å²) in [4.78, 5) is 44.8. The predicted octanol–water partition coefficient (Wildman–Crippen LogP) is -1.94. The van der Waals surface area contributed by atoms with Crippen molar-refractivity contribution < 1.29 is 24.3 Å². The van der Waals surface area contributed by atoms with Crippen LogP contribution < -0.4 is 22.1 Å². The van der Waals surface area contributed by atoms with Crippen LogP contribution in [0.1, 0.15) is 32.6 Å². The standard InChI is InChI=1S/C12H22N4O5/c1-2-3-4-7(13)11(20)16-8(5-10(18)19)12(21)15-6-9(14)17/h7-8H,2-6,13H2,1H3,(H2,14,17)(H,15,21)(H,16,20)(H,18,19)/t7-,8-/m0/s1. The average molecular weight is 302 g/mol. The molecule has 0 aliphatic rings. The summed E-state index contributed by atoms with van der Waals surface area (Å²) in [6.45, 7) is 1.50. The SMILES string of the molecule is CCCC[C@H](N)C(=O)N[C@@H](CC(=O)O)C(=O)NCC(N)=O. The van der Waals surface area contributed by atoms with Gasteiger partial charge >= 0.3 is 5.97 Å². The van der Waals surface area contributed by atoms with Gasteiger partial charge in [-0.3, -0.25) is 19.2 Å². The van der Waals surface area contributed by atoms with Gasteiger partial charge in [-0.2, -0.15) is 0 Å². The summed E-state index contributed by atoms with van der Waals surface area (Å²) in [6.07, 6.45) is 1.42. The topological polar surface area (TPSA) is 165 Å². The summed E-state index contributed by atoms with van der Waals surface area (Å²) in [5.41, 5.74) is 10.5. The number of rotatable bonds is 10. The van der Waals surface area contributed by atoms with Crippen LogP contribution in [0, 0.1) is 0 Å². The van der Waals surface area contributed by atoms with Crippen LogP contribution in [-0.2, 0) is 19.2 Å². The van der Waals surface area contributed by atoms with E-state index in [0.717, 1.165) is 12.8 Å². The van der Waals surface area contributed by atoms with Gasteiger partial charge in [0.15, 0.2) is 0 Å². The number of carboxylic acid groups (broad SMARTS) is 1. The molecule has 120 valence electrons. The Bertz CT molecular complexity index is 399. The number of nitrogens with two attached hydrogens (primary N) is 2. The molecular formula is C12H22N4O5. The fraction of sp³-hybridized carbons (Fsp3) is 0.667. The number of primary amides is 1. The van der Waals surface area contributed by atoms with Crippen molar-refractivity contribution in [2.75, 3.05) is 6.54 Å². The number of unbranched alkanes of at least 4 members (excludes halogenated alkanes) is 1. The van der Waals surface area contributed by atoms with E-state index >= 15 is 0 Å². The molecule has 0 fully saturated rings. The van der Waals surface area contributed by atoms with Crippen LogP contribution in [0.2, 0.25) is 0 Å². The van der Waals surface area contributed by atoms with Crippen LogP contribution in [0.4, 0.5) is 0 Å². The number of amides is 3. The van der Waals surface area contributed by atoms with E-state index in [4.69, 9.17) is 16.6 Å². The molecule has 0 aromatic heterocycles. The maximum Gasteiger partial charge on any atom is 0.305 e. The van der Waals surface area contributed by atoms with Gasteiger partial charge in [0.05, 0.1) is 19.0 Å². The first-order valence-electron chi connectivity index (χ1n) is 6.61. The molecule has 2 atom stereocenters. The van der Waals surface area contributed by atoms with E-state index < -0.39 is 48.7 Å². The molecule has 21 heavy (non-hydrogen) atoms. The number of hydrogen-bond acceptors (Lipinski definition) is 5. The second-order valence-electron chi connectivity index (χ2n) is 4.59. The molecule has 0 bridgehead atoms. The van der Waals surface area contributed by atoms with Crippen LogP contribution in [-0.4, -0.2) is 47.4 Å². The number of hydrogen-bond donors (Lipinski definition) is 5. The molecule has 0 saturated heterocycles. The number of aliphatic carboxylic acids is 1. The van der Waals surface area contributed by atoms with Crippen molar-refractivity contribution in [2.24, 2.45) is 11.5 Å². The van der Waals surface area contributed by atoms with Crippen LogP contribution >= 0.6 is 0 Å². The lowest BCUT2D eigenvalue weighted by Gasteiger charge is -2.19. The fourth-order valence-corrected chi connectivity index (χ4v) is 1.52. The first kappa shape index (κ1) is 18.8.